The van der Waals surface area contributed by atoms with Crippen molar-refractivity contribution >= 4 is 37.3 Å². The number of nitrogens with zero attached hydrogens (tertiary/aromatic N) is 1. The Labute approximate surface area is 170 Å². The van der Waals surface area contributed by atoms with E-state index in [0.717, 1.165) is 13.0 Å². The fourth-order valence-corrected chi connectivity index (χ4v) is 12.1. The number of carbonyl (C=O) groups excluding carboxylic acids is 1. The van der Waals surface area contributed by atoms with Crippen LogP contribution in [0.5, 0.6) is 0 Å². The third-order valence-corrected chi connectivity index (χ3v) is 15.6. The van der Waals surface area contributed by atoms with Gasteiger partial charge in [0.1, 0.15) is 0 Å². The molecule has 1 saturated heterocycles. The molecule has 0 aromatic rings. The second kappa shape index (κ2) is 9.08. The van der Waals surface area contributed by atoms with Crippen LogP contribution in [0.1, 0.15) is 34.1 Å². The van der Waals surface area contributed by atoms with Gasteiger partial charge in [-0.05, 0) is 0 Å². The Morgan fingerprint density at radius 1 is 1.27 bits per heavy atom. The summed E-state index contributed by atoms with van der Waals surface area (Å²) in [6.45, 7) is 25.4. The van der Waals surface area contributed by atoms with Gasteiger partial charge < -0.3 is 0 Å². The quantitative estimate of drug-likeness (QED) is 0.253. The van der Waals surface area contributed by atoms with Crippen LogP contribution in [0.25, 0.3) is 0 Å². The molecule has 1 heterocycles. The topological polar surface area (TPSA) is 29.5 Å². The van der Waals surface area contributed by atoms with Gasteiger partial charge in [0.15, 0.2) is 0 Å². The van der Waals surface area contributed by atoms with Crippen molar-refractivity contribution in [1.82, 2.24) is 4.90 Å². The summed E-state index contributed by atoms with van der Waals surface area (Å²) in [5, 5.41) is 1.46. The van der Waals surface area contributed by atoms with Gasteiger partial charge in [-0.25, -0.2) is 0 Å². The van der Waals surface area contributed by atoms with Gasteiger partial charge in [0.25, 0.3) is 0 Å². The zero-order chi connectivity index (χ0) is 20.3. The molecular formula is C20H41NO2SeSi2. The van der Waals surface area contributed by atoms with E-state index in [2.05, 4.69) is 71.9 Å². The summed E-state index contributed by atoms with van der Waals surface area (Å²) < 4.78 is 6.60. The average molecular weight is 463 g/mol. The molecule has 1 rings (SSSR count). The van der Waals surface area contributed by atoms with E-state index in [1.165, 1.54) is 11.4 Å². The molecule has 0 aromatic carbocycles. The minimum atomic E-state index is -1.85. The van der Waals surface area contributed by atoms with Crippen molar-refractivity contribution in [2.75, 3.05) is 6.54 Å². The molecule has 0 aromatic heterocycles. The van der Waals surface area contributed by atoms with E-state index in [0.29, 0.717) is 25.8 Å². The fourth-order valence-electron chi connectivity index (χ4n) is 2.85. The van der Waals surface area contributed by atoms with Gasteiger partial charge in [0.2, 0.25) is 0 Å². The SMILES string of the molecule is C=CCCN1C(=O)[C@H]([C@@H](C)O[Si](C)(C)C(C)(C)C)[C@H]1[Se]CC[Si](C)(C)C. The van der Waals surface area contributed by atoms with Gasteiger partial charge in [-0.1, -0.05) is 0 Å². The molecule has 1 fully saturated rings. The molecule has 0 spiro atoms. The van der Waals surface area contributed by atoms with Crippen molar-refractivity contribution in [3.8, 4) is 0 Å². The number of likely N-dealkylation sites (tertiary alicyclic amines) is 1. The molecular weight excluding hydrogens is 421 g/mol. The van der Waals surface area contributed by atoms with Crippen LogP contribution in [0.15, 0.2) is 12.7 Å². The summed E-state index contributed by atoms with van der Waals surface area (Å²) in [6.07, 6.45) is 2.83. The Balaban J connectivity index is 2.81. The van der Waals surface area contributed by atoms with Crippen LogP contribution in [-0.2, 0) is 9.22 Å². The average Bonchev–Trinajstić information content (AvgIpc) is 2.43. The number of amides is 1. The fraction of sp³-hybridized carbons (Fsp3) is 0.850. The van der Waals surface area contributed by atoms with Crippen molar-refractivity contribution in [2.24, 2.45) is 5.92 Å². The standard InChI is InChI=1S/C20H41NO2SeSi2/c1-11-12-13-21-18(22)17(19(21)24-14-15-25(6,7)8)16(2)23-26(9,10)20(3,4)5/h11,16-17,19H,1,12-15H2,2-10H3/t16-,17+,19-/m1/s1. The Hall–Kier alpha value is 0.123. The first-order valence-electron chi connectivity index (χ1n) is 9.92. The van der Waals surface area contributed by atoms with Crippen LogP contribution in [0, 0.1) is 5.92 Å². The summed E-state index contributed by atoms with van der Waals surface area (Å²) >= 11 is 0.477. The van der Waals surface area contributed by atoms with Crippen molar-refractivity contribution in [2.45, 2.75) is 94.3 Å². The molecule has 26 heavy (non-hydrogen) atoms. The Morgan fingerprint density at radius 3 is 2.31 bits per heavy atom. The van der Waals surface area contributed by atoms with Crippen molar-refractivity contribution in [3.05, 3.63) is 12.7 Å². The van der Waals surface area contributed by atoms with Gasteiger partial charge in [0.05, 0.1) is 0 Å². The van der Waals surface area contributed by atoms with Crippen molar-refractivity contribution in [1.29, 1.82) is 0 Å². The van der Waals surface area contributed by atoms with Gasteiger partial charge >= 0.3 is 171 Å². The second-order valence-corrected chi connectivity index (χ2v) is 23.2. The van der Waals surface area contributed by atoms with Gasteiger partial charge in [-0.15, -0.1) is 0 Å². The van der Waals surface area contributed by atoms with Gasteiger partial charge in [0, 0.05) is 0 Å². The summed E-state index contributed by atoms with van der Waals surface area (Å²) in [4.78, 5) is 15.4. The molecule has 0 N–H and O–H groups in total. The molecule has 1 aliphatic rings. The van der Waals surface area contributed by atoms with E-state index in [-0.39, 0.29) is 17.1 Å². The van der Waals surface area contributed by atoms with Crippen LogP contribution in [0.4, 0.5) is 0 Å². The molecule has 0 radical (unpaired) electrons. The van der Waals surface area contributed by atoms with Crippen LogP contribution in [0.3, 0.4) is 0 Å². The molecule has 0 bridgehead atoms. The summed E-state index contributed by atoms with van der Waals surface area (Å²) in [7, 11) is -2.87. The van der Waals surface area contributed by atoms with Crippen LogP contribution < -0.4 is 0 Å². The Kier molecular flexibility index (Phi) is 8.44. The summed E-state index contributed by atoms with van der Waals surface area (Å²) in [5.74, 6) is 0.369. The zero-order valence-electron chi connectivity index (χ0n) is 18.5. The van der Waals surface area contributed by atoms with Crippen molar-refractivity contribution in [3.63, 3.8) is 0 Å². The molecule has 0 aliphatic carbocycles. The number of hydrogen-bond acceptors (Lipinski definition) is 2. The van der Waals surface area contributed by atoms with E-state index in [9.17, 15) is 4.79 Å². The second-order valence-electron chi connectivity index (χ2n) is 10.3. The first-order chi connectivity index (χ1) is 11.7. The van der Waals surface area contributed by atoms with E-state index >= 15 is 0 Å². The van der Waals surface area contributed by atoms with E-state index in [1.807, 2.05) is 6.08 Å². The molecule has 3 nitrogen and oxygen atoms in total. The summed E-state index contributed by atoms with van der Waals surface area (Å²) in [6, 6.07) is 1.36. The molecule has 0 unspecified atom stereocenters. The predicted molar refractivity (Wildman–Crippen MR) is 120 cm³/mol. The van der Waals surface area contributed by atoms with Crippen LogP contribution in [-0.4, -0.2) is 59.7 Å². The number of rotatable bonds is 10. The third-order valence-electron chi connectivity index (χ3n) is 5.69. The van der Waals surface area contributed by atoms with E-state index in [4.69, 9.17) is 4.43 Å². The first-order valence-corrected chi connectivity index (χ1v) is 18.7. The van der Waals surface area contributed by atoms with Gasteiger partial charge in [-0.3, -0.25) is 0 Å². The molecule has 1 aliphatic heterocycles. The molecule has 0 saturated carbocycles. The molecule has 3 atom stereocenters. The number of hydrogen-bond donors (Lipinski definition) is 0. The maximum absolute atomic E-state index is 12.9. The predicted octanol–water partition coefficient (Wildman–Crippen LogP) is 5.22. The Morgan fingerprint density at radius 2 is 1.85 bits per heavy atom. The summed E-state index contributed by atoms with van der Waals surface area (Å²) in [5.41, 5.74) is 0. The number of β-lactam (4-membered cyclic amide) rings is 1. The van der Waals surface area contributed by atoms with E-state index < -0.39 is 16.4 Å². The Bertz CT molecular complexity index is 497. The molecule has 6 heteroatoms. The van der Waals surface area contributed by atoms with E-state index in [1.54, 1.807) is 0 Å². The maximum atomic E-state index is 12.9. The third kappa shape index (κ3) is 6.33. The number of carbonyl (C=O) groups is 1. The minimum absolute atomic E-state index is 0.0297. The molecule has 1 amide bonds. The normalized spacial score (nSPS) is 23.0. The van der Waals surface area contributed by atoms with Crippen LogP contribution >= 0.6 is 0 Å². The van der Waals surface area contributed by atoms with Crippen LogP contribution in [0.2, 0.25) is 49.1 Å². The first kappa shape index (κ1) is 24.2. The van der Waals surface area contributed by atoms with Crippen molar-refractivity contribution < 1.29 is 9.22 Å². The van der Waals surface area contributed by atoms with Gasteiger partial charge in [-0.2, -0.15) is 0 Å². The zero-order valence-corrected chi connectivity index (χ0v) is 22.2. The monoisotopic (exact) mass is 463 g/mol. The molecule has 152 valence electrons.